The predicted octanol–water partition coefficient (Wildman–Crippen LogP) is 2.18. The van der Waals surface area contributed by atoms with Crippen LogP contribution in [-0.4, -0.2) is 16.7 Å². The van der Waals surface area contributed by atoms with Gasteiger partial charge in [-0.15, -0.1) is 0 Å². The van der Waals surface area contributed by atoms with E-state index in [0.717, 1.165) is 18.8 Å². The van der Waals surface area contributed by atoms with Gasteiger partial charge in [-0.2, -0.15) is 0 Å². The average molecular weight is 227 g/mol. The van der Waals surface area contributed by atoms with Crippen LogP contribution in [0.3, 0.4) is 0 Å². The van der Waals surface area contributed by atoms with E-state index in [9.17, 15) is 0 Å². The van der Waals surface area contributed by atoms with Crippen molar-refractivity contribution in [3.8, 4) is 0 Å². The molecule has 4 nitrogen and oxygen atoms in total. The summed E-state index contributed by atoms with van der Waals surface area (Å²) >= 11 is 4.86. The molecule has 2 rings (SSSR count). The van der Waals surface area contributed by atoms with E-state index in [4.69, 9.17) is 22.5 Å². The first-order valence-corrected chi connectivity index (χ1v) is 5.90. The van der Waals surface area contributed by atoms with Gasteiger partial charge in [0.15, 0.2) is 5.82 Å². The molecule has 0 saturated heterocycles. The quantitative estimate of drug-likeness (QED) is 0.777. The Kier molecular flexibility index (Phi) is 3.21. The topological polar surface area (TPSA) is 67.8 Å². The molecule has 0 aliphatic heterocycles. The van der Waals surface area contributed by atoms with Crippen molar-refractivity contribution in [3.05, 3.63) is 10.7 Å². The molecular formula is C10H17N3OS. The molecule has 0 amide bonds. The summed E-state index contributed by atoms with van der Waals surface area (Å²) in [5, 5.41) is 3.91. The van der Waals surface area contributed by atoms with E-state index in [1.54, 1.807) is 0 Å². The van der Waals surface area contributed by atoms with Crippen LogP contribution in [0.15, 0.2) is 4.52 Å². The Morgan fingerprint density at radius 1 is 1.40 bits per heavy atom. The van der Waals surface area contributed by atoms with Gasteiger partial charge in [0, 0.05) is 6.42 Å². The second-order valence-corrected chi connectivity index (χ2v) is 4.85. The van der Waals surface area contributed by atoms with Gasteiger partial charge in [-0.25, -0.2) is 0 Å². The van der Waals surface area contributed by atoms with Crippen LogP contribution in [0.5, 0.6) is 0 Å². The lowest BCUT2D eigenvalue weighted by molar-refractivity contribution is 0.191. The van der Waals surface area contributed by atoms with Crippen molar-refractivity contribution in [1.82, 2.24) is 10.1 Å². The molecule has 1 saturated carbocycles. The lowest BCUT2D eigenvalue weighted by Gasteiger charge is -2.35. The number of hydrogen-bond donors (Lipinski definition) is 2. The molecule has 15 heavy (non-hydrogen) atoms. The molecule has 1 heterocycles. The average Bonchev–Trinajstić information content (AvgIpc) is 2.65. The van der Waals surface area contributed by atoms with Crippen LogP contribution >= 0.6 is 12.2 Å². The smallest absolute Gasteiger partial charge is 0.294 e. The Morgan fingerprint density at radius 2 is 2.13 bits per heavy atom. The van der Waals surface area contributed by atoms with E-state index in [1.807, 2.05) is 0 Å². The molecule has 1 aliphatic rings. The highest BCUT2D eigenvalue weighted by molar-refractivity contribution is 7.71. The SMILES string of the molecule is NCC1(Cc2noc(=S)[nH]2)CCCCC1. The number of aromatic nitrogens is 2. The fourth-order valence-corrected chi connectivity index (χ4v) is 2.60. The monoisotopic (exact) mass is 227 g/mol. The Labute approximate surface area is 94.2 Å². The highest BCUT2D eigenvalue weighted by Crippen LogP contribution is 2.37. The third-order valence-electron chi connectivity index (χ3n) is 3.37. The molecule has 0 unspecified atom stereocenters. The number of rotatable bonds is 3. The standard InChI is InChI=1S/C10H17N3OS/c11-7-10(4-2-1-3-5-10)6-8-12-9(15)14-13-8/h1-7,11H2,(H,12,13,15). The molecular weight excluding hydrogens is 210 g/mol. The van der Waals surface area contributed by atoms with Crippen molar-refractivity contribution in [2.75, 3.05) is 6.54 Å². The normalized spacial score (nSPS) is 20.3. The van der Waals surface area contributed by atoms with E-state index in [0.29, 0.717) is 4.84 Å². The number of nitrogens with two attached hydrogens (primary N) is 1. The van der Waals surface area contributed by atoms with Crippen LogP contribution in [0.4, 0.5) is 0 Å². The summed E-state index contributed by atoms with van der Waals surface area (Å²) in [7, 11) is 0. The minimum absolute atomic E-state index is 0.216. The van der Waals surface area contributed by atoms with Gasteiger partial charge in [0.2, 0.25) is 0 Å². The molecule has 5 heteroatoms. The molecule has 84 valence electrons. The van der Waals surface area contributed by atoms with Gasteiger partial charge >= 0.3 is 0 Å². The third kappa shape index (κ3) is 2.46. The molecule has 0 atom stereocenters. The third-order valence-corrected chi connectivity index (χ3v) is 3.55. The van der Waals surface area contributed by atoms with E-state index in [1.165, 1.54) is 32.1 Å². The molecule has 1 aliphatic carbocycles. The van der Waals surface area contributed by atoms with Crippen LogP contribution in [0, 0.1) is 10.3 Å². The predicted molar refractivity (Wildman–Crippen MR) is 60.0 cm³/mol. The fraction of sp³-hybridized carbons (Fsp3) is 0.800. The van der Waals surface area contributed by atoms with E-state index >= 15 is 0 Å². The zero-order chi connectivity index (χ0) is 10.7. The second kappa shape index (κ2) is 4.45. The van der Waals surface area contributed by atoms with E-state index in [2.05, 4.69) is 10.1 Å². The van der Waals surface area contributed by atoms with Crippen molar-refractivity contribution in [2.45, 2.75) is 38.5 Å². The largest absolute Gasteiger partial charge is 0.330 e. The van der Waals surface area contributed by atoms with Gasteiger partial charge in [0.05, 0.1) is 0 Å². The first-order valence-electron chi connectivity index (χ1n) is 5.49. The van der Waals surface area contributed by atoms with Gasteiger partial charge < -0.3 is 10.3 Å². The maximum Gasteiger partial charge on any atom is 0.294 e. The summed E-state index contributed by atoms with van der Waals surface area (Å²) in [6.45, 7) is 0.723. The first kappa shape index (κ1) is 10.8. The Morgan fingerprint density at radius 3 is 2.67 bits per heavy atom. The summed E-state index contributed by atoms with van der Waals surface area (Å²) in [5.74, 6) is 0.840. The van der Waals surface area contributed by atoms with Crippen molar-refractivity contribution in [2.24, 2.45) is 11.1 Å². The summed E-state index contributed by atoms with van der Waals surface area (Å²) in [6.07, 6.45) is 7.12. The minimum atomic E-state index is 0.216. The van der Waals surface area contributed by atoms with Crippen LogP contribution in [-0.2, 0) is 6.42 Å². The molecule has 1 fully saturated rings. The van der Waals surface area contributed by atoms with Crippen molar-refractivity contribution >= 4 is 12.2 Å². The van der Waals surface area contributed by atoms with Crippen LogP contribution in [0.2, 0.25) is 0 Å². The van der Waals surface area contributed by atoms with Gasteiger partial charge in [-0.1, -0.05) is 24.4 Å². The molecule has 0 spiro atoms. The van der Waals surface area contributed by atoms with Gasteiger partial charge in [0.25, 0.3) is 4.84 Å². The Balaban J connectivity index is 2.09. The van der Waals surface area contributed by atoms with Crippen molar-refractivity contribution in [3.63, 3.8) is 0 Å². The number of nitrogens with one attached hydrogen (secondary N) is 1. The summed E-state index contributed by atoms with van der Waals surface area (Å²) in [6, 6.07) is 0. The van der Waals surface area contributed by atoms with Gasteiger partial charge in [-0.05, 0) is 37.0 Å². The lowest BCUT2D eigenvalue weighted by atomic mass is 9.72. The molecule has 1 aromatic rings. The molecule has 3 N–H and O–H groups in total. The Bertz CT molecular complexity index is 365. The summed E-state index contributed by atoms with van der Waals surface area (Å²) in [4.78, 5) is 3.32. The maximum atomic E-state index is 5.89. The zero-order valence-corrected chi connectivity index (χ0v) is 9.61. The van der Waals surface area contributed by atoms with E-state index < -0.39 is 0 Å². The molecule has 0 bridgehead atoms. The van der Waals surface area contributed by atoms with Crippen molar-refractivity contribution in [1.29, 1.82) is 0 Å². The number of nitrogens with zero attached hydrogens (tertiary/aromatic N) is 1. The summed E-state index contributed by atoms with van der Waals surface area (Å²) < 4.78 is 4.86. The van der Waals surface area contributed by atoms with Crippen molar-refractivity contribution < 1.29 is 4.52 Å². The van der Waals surface area contributed by atoms with Crippen LogP contribution < -0.4 is 5.73 Å². The Hall–Kier alpha value is -0.680. The fourth-order valence-electron chi connectivity index (χ4n) is 2.45. The number of aromatic amines is 1. The molecule has 0 radical (unpaired) electrons. The number of hydrogen-bond acceptors (Lipinski definition) is 4. The number of H-pyrrole nitrogens is 1. The van der Waals surface area contributed by atoms with Crippen LogP contribution in [0.25, 0.3) is 0 Å². The zero-order valence-electron chi connectivity index (χ0n) is 8.79. The minimum Gasteiger partial charge on any atom is -0.330 e. The maximum absolute atomic E-state index is 5.89. The van der Waals surface area contributed by atoms with Crippen LogP contribution in [0.1, 0.15) is 37.9 Å². The first-order chi connectivity index (χ1) is 7.24. The lowest BCUT2D eigenvalue weighted by Crippen LogP contribution is -2.35. The highest BCUT2D eigenvalue weighted by Gasteiger charge is 2.31. The summed E-state index contributed by atoms with van der Waals surface area (Å²) in [5.41, 5.74) is 6.11. The highest BCUT2D eigenvalue weighted by atomic mass is 32.1. The van der Waals surface area contributed by atoms with Gasteiger partial charge in [0.1, 0.15) is 0 Å². The molecule has 1 aromatic heterocycles. The van der Waals surface area contributed by atoms with Gasteiger partial charge in [-0.3, -0.25) is 4.98 Å². The van der Waals surface area contributed by atoms with E-state index in [-0.39, 0.29) is 5.41 Å². The second-order valence-electron chi connectivity index (χ2n) is 4.48. The molecule has 0 aromatic carbocycles.